The Bertz CT molecular complexity index is 495. The first-order chi connectivity index (χ1) is 7.72. The van der Waals surface area contributed by atoms with Gasteiger partial charge in [0.2, 0.25) is 0 Å². The fourth-order valence-corrected chi connectivity index (χ4v) is 1.77. The first-order valence-corrected chi connectivity index (χ1v) is 5.43. The molecule has 0 radical (unpaired) electrons. The highest BCUT2D eigenvalue weighted by atomic mass is 15.1. The van der Waals surface area contributed by atoms with Crippen LogP contribution in [-0.4, -0.2) is 23.6 Å². The van der Waals surface area contributed by atoms with Crippen LogP contribution < -0.4 is 10.6 Å². The predicted octanol–water partition coefficient (Wildman–Crippen LogP) is 2.06. The van der Waals surface area contributed by atoms with Gasteiger partial charge in [0.15, 0.2) is 0 Å². The van der Waals surface area contributed by atoms with Crippen LogP contribution in [-0.2, 0) is 0 Å². The maximum Gasteiger partial charge on any atom is 0.134 e. The van der Waals surface area contributed by atoms with Gasteiger partial charge in [-0.3, -0.25) is 0 Å². The summed E-state index contributed by atoms with van der Waals surface area (Å²) in [5.41, 5.74) is 7.87. The normalized spacial score (nSPS) is 10.6. The number of nitrogens with zero attached hydrogens (tertiary/aromatic N) is 3. The molecule has 0 unspecified atom stereocenters. The first-order valence-electron chi connectivity index (χ1n) is 5.43. The van der Waals surface area contributed by atoms with Crippen LogP contribution >= 0.6 is 0 Å². The number of hydrogen-bond acceptors (Lipinski definition) is 4. The van der Waals surface area contributed by atoms with Gasteiger partial charge in [0.05, 0.1) is 5.52 Å². The van der Waals surface area contributed by atoms with E-state index in [4.69, 9.17) is 5.73 Å². The van der Waals surface area contributed by atoms with Gasteiger partial charge in [0.25, 0.3) is 0 Å². The number of anilines is 2. The molecule has 0 saturated heterocycles. The van der Waals surface area contributed by atoms with Crippen molar-refractivity contribution in [1.82, 2.24) is 9.97 Å². The Kier molecular flexibility index (Phi) is 2.90. The maximum atomic E-state index is 5.83. The third-order valence-corrected chi connectivity index (χ3v) is 2.65. The van der Waals surface area contributed by atoms with Crippen molar-refractivity contribution in [2.75, 3.05) is 24.2 Å². The lowest BCUT2D eigenvalue weighted by atomic mass is 10.2. The van der Waals surface area contributed by atoms with Crippen LogP contribution in [0.5, 0.6) is 0 Å². The van der Waals surface area contributed by atoms with E-state index in [2.05, 4.69) is 34.9 Å². The van der Waals surface area contributed by atoms with E-state index in [-0.39, 0.29) is 0 Å². The molecule has 0 aliphatic carbocycles. The summed E-state index contributed by atoms with van der Waals surface area (Å²) in [6.07, 6.45) is 2.61. The summed E-state index contributed by atoms with van der Waals surface area (Å²) in [4.78, 5) is 10.4. The number of hydrogen-bond donors (Lipinski definition) is 1. The fraction of sp³-hybridized carbons (Fsp3) is 0.333. The van der Waals surface area contributed by atoms with Crippen LogP contribution in [0.3, 0.4) is 0 Å². The summed E-state index contributed by atoms with van der Waals surface area (Å²) in [6.45, 7) is 3.19. The molecule has 0 fully saturated rings. The number of benzene rings is 1. The molecule has 0 bridgehead atoms. The molecule has 0 spiro atoms. The summed E-state index contributed by atoms with van der Waals surface area (Å²) >= 11 is 0. The van der Waals surface area contributed by atoms with E-state index < -0.39 is 0 Å². The molecule has 0 saturated carbocycles. The van der Waals surface area contributed by atoms with Gasteiger partial charge >= 0.3 is 0 Å². The van der Waals surface area contributed by atoms with E-state index >= 15 is 0 Å². The average Bonchev–Trinajstić information content (AvgIpc) is 2.29. The van der Waals surface area contributed by atoms with Gasteiger partial charge in [-0.15, -0.1) is 0 Å². The Balaban J connectivity index is 2.46. The van der Waals surface area contributed by atoms with Crippen LogP contribution in [0.4, 0.5) is 11.5 Å². The standard InChI is InChI=1S/C12H16N4/c1-3-6-16(2)9-4-5-11-10(7-9)12(13)15-8-14-11/h4-5,7-8H,3,6H2,1-2H3,(H2,13,14,15). The van der Waals surface area contributed by atoms with Gasteiger partial charge in [-0.1, -0.05) is 6.92 Å². The predicted molar refractivity (Wildman–Crippen MR) is 67.5 cm³/mol. The number of nitrogens with two attached hydrogens (primary N) is 1. The second kappa shape index (κ2) is 4.35. The molecule has 1 heterocycles. The number of aromatic nitrogens is 2. The van der Waals surface area contributed by atoms with Gasteiger partial charge < -0.3 is 10.6 Å². The highest BCUT2D eigenvalue weighted by Crippen LogP contribution is 2.22. The Labute approximate surface area is 95.1 Å². The minimum Gasteiger partial charge on any atom is -0.383 e. The molecule has 84 valence electrons. The Morgan fingerprint density at radius 2 is 2.12 bits per heavy atom. The fourth-order valence-electron chi connectivity index (χ4n) is 1.77. The van der Waals surface area contributed by atoms with Gasteiger partial charge in [-0.05, 0) is 24.6 Å². The van der Waals surface area contributed by atoms with Crippen molar-refractivity contribution in [3.05, 3.63) is 24.5 Å². The maximum absolute atomic E-state index is 5.83. The van der Waals surface area contributed by atoms with Crippen LogP contribution in [0.1, 0.15) is 13.3 Å². The summed E-state index contributed by atoms with van der Waals surface area (Å²) in [5.74, 6) is 0.539. The van der Waals surface area contributed by atoms with Crippen molar-refractivity contribution in [3.63, 3.8) is 0 Å². The monoisotopic (exact) mass is 216 g/mol. The number of fused-ring (bicyclic) bond motifs is 1. The molecular weight excluding hydrogens is 200 g/mol. The zero-order valence-electron chi connectivity index (χ0n) is 9.64. The first kappa shape index (κ1) is 10.7. The van der Waals surface area contributed by atoms with Crippen molar-refractivity contribution in [1.29, 1.82) is 0 Å². The van der Waals surface area contributed by atoms with Gasteiger partial charge in [-0.2, -0.15) is 0 Å². The highest BCUT2D eigenvalue weighted by molar-refractivity contribution is 5.90. The van der Waals surface area contributed by atoms with Crippen LogP contribution in [0.25, 0.3) is 10.9 Å². The van der Waals surface area contributed by atoms with E-state index in [1.54, 1.807) is 0 Å². The zero-order chi connectivity index (χ0) is 11.5. The topological polar surface area (TPSA) is 55.0 Å². The molecule has 4 heteroatoms. The summed E-state index contributed by atoms with van der Waals surface area (Å²) in [6, 6.07) is 6.08. The Morgan fingerprint density at radius 3 is 2.88 bits per heavy atom. The van der Waals surface area contributed by atoms with Crippen LogP contribution in [0.15, 0.2) is 24.5 Å². The molecular formula is C12H16N4. The van der Waals surface area contributed by atoms with Gasteiger partial charge in [-0.25, -0.2) is 9.97 Å². The van der Waals surface area contributed by atoms with E-state index in [0.29, 0.717) is 5.82 Å². The molecule has 4 nitrogen and oxygen atoms in total. The lowest BCUT2D eigenvalue weighted by molar-refractivity contribution is 0.853. The SMILES string of the molecule is CCCN(C)c1ccc2ncnc(N)c2c1. The van der Waals surface area contributed by atoms with Crippen LogP contribution in [0, 0.1) is 0 Å². The summed E-state index contributed by atoms with van der Waals surface area (Å²) in [7, 11) is 2.07. The van der Waals surface area contributed by atoms with Crippen molar-refractivity contribution < 1.29 is 0 Å². The molecule has 2 aromatic rings. The van der Waals surface area contributed by atoms with Crippen molar-refractivity contribution in [2.24, 2.45) is 0 Å². The van der Waals surface area contributed by atoms with E-state index in [1.165, 1.54) is 6.33 Å². The molecule has 2 rings (SSSR count). The van der Waals surface area contributed by atoms with Crippen LogP contribution in [0.2, 0.25) is 0 Å². The minimum absolute atomic E-state index is 0.539. The largest absolute Gasteiger partial charge is 0.383 e. The molecule has 1 aromatic heterocycles. The lowest BCUT2D eigenvalue weighted by Gasteiger charge is -2.18. The molecule has 0 aliphatic heterocycles. The third-order valence-electron chi connectivity index (χ3n) is 2.65. The molecule has 0 amide bonds. The zero-order valence-corrected chi connectivity index (χ0v) is 9.64. The van der Waals surface area contributed by atoms with Crippen molar-refractivity contribution >= 4 is 22.4 Å². The Hall–Kier alpha value is -1.84. The van der Waals surface area contributed by atoms with Crippen molar-refractivity contribution in [3.8, 4) is 0 Å². The average molecular weight is 216 g/mol. The number of nitrogen functional groups attached to an aromatic ring is 1. The van der Waals surface area contributed by atoms with E-state index in [1.807, 2.05) is 12.1 Å². The Morgan fingerprint density at radius 1 is 1.31 bits per heavy atom. The molecule has 0 atom stereocenters. The number of rotatable bonds is 3. The van der Waals surface area contributed by atoms with Gasteiger partial charge in [0.1, 0.15) is 12.1 Å². The summed E-state index contributed by atoms with van der Waals surface area (Å²) in [5, 5.41) is 0.919. The van der Waals surface area contributed by atoms with E-state index in [9.17, 15) is 0 Å². The quantitative estimate of drug-likeness (QED) is 0.853. The minimum atomic E-state index is 0.539. The highest BCUT2D eigenvalue weighted by Gasteiger charge is 2.04. The van der Waals surface area contributed by atoms with Crippen molar-refractivity contribution in [2.45, 2.75) is 13.3 Å². The second-order valence-electron chi connectivity index (χ2n) is 3.88. The molecule has 16 heavy (non-hydrogen) atoms. The third kappa shape index (κ3) is 1.91. The summed E-state index contributed by atoms with van der Waals surface area (Å²) < 4.78 is 0. The molecule has 0 aliphatic rings. The van der Waals surface area contributed by atoms with E-state index in [0.717, 1.165) is 29.6 Å². The second-order valence-corrected chi connectivity index (χ2v) is 3.88. The van der Waals surface area contributed by atoms with Gasteiger partial charge in [0, 0.05) is 24.7 Å². The molecule has 2 N–H and O–H groups in total. The lowest BCUT2D eigenvalue weighted by Crippen LogP contribution is -2.17. The smallest absolute Gasteiger partial charge is 0.134 e. The molecule has 1 aromatic carbocycles.